The maximum absolute atomic E-state index is 11.8. The third-order valence-corrected chi connectivity index (χ3v) is 2.70. The third-order valence-electron chi connectivity index (χ3n) is 2.46. The number of halogens is 1. The number of aromatic carboxylic acids is 1. The molecule has 0 heterocycles. The first-order chi connectivity index (χ1) is 9.35. The van der Waals surface area contributed by atoms with Crippen LogP contribution in [0.4, 0.5) is 10.5 Å². The molecule has 0 aliphatic heterocycles. The molecular formula is C12H14ClN3O4. The highest BCUT2D eigenvalue weighted by Crippen LogP contribution is 2.21. The molecule has 0 fully saturated rings. The average molecular weight is 300 g/mol. The number of carboxylic acids is 1. The minimum atomic E-state index is -1.21. The molecule has 108 valence electrons. The van der Waals surface area contributed by atoms with E-state index in [0.717, 1.165) is 4.90 Å². The second-order valence-corrected chi connectivity index (χ2v) is 4.39. The highest BCUT2D eigenvalue weighted by molar-refractivity contribution is 6.31. The normalized spacial score (nSPS) is 9.75. The highest BCUT2D eigenvalue weighted by Gasteiger charge is 2.16. The van der Waals surface area contributed by atoms with Crippen molar-refractivity contribution in [1.82, 2.24) is 10.2 Å². The van der Waals surface area contributed by atoms with E-state index < -0.39 is 12.0 Å². The Morgan fingerprint density at radius 3 is 2.55 bits per heavy atom. The molecule has 0 aliphatic rings. The molecule has 0 unspecified atom stereocenters. The van der Waals surface area contributed by atoms with Gasteiger partial charge < -0.3 is 20.6 Å². The summed E-state index contributed by atoms with van der Waals surface area (Å²) in [6.07, 6.45) is 0. The quantitative estimate of drug-likeness (QED) is 0.779. The summed E-state index contributed by atoms with van der Waals surface area (Å²) in [4.78, 5) is 35.2. The lowest BCUT2D eigenvalue weighted by Crippen LogP contribution is -2.39. The van der Waals surface area contributed by atoms with Crippen LogP contribution in [0.5, 0.6) is 0 Å². The van der Waals surface area contributed by atoms with Gasteiger partial charge in [0.15, 0.2) is 0 Å². The number of nitrogens with one attached hydrogen (secondary N) is 2. The van der Waals surface area contributed by atoms with E-state index in [1.807, 2.05) is 0 Å². The number of likely N-dealkylation sites (N-methyl/N-ethyl adjacent to an activating group) is 2. The number of amides is 3. The Labute approximate surface area is 120 Å². The zero-order chi connectivity index (χ0) is 15.3. The first-order valence-corrected chi connectivity index (χ1v) is 5.98. The Bertz CT molecular complexity index is 548. The predicted molar refractivity (Wildman–Crippen MR) is 74.1 cm³/mol. The van der Waals surface area contributed by atoms with Gasteiger partial charge in [0, 0.05) is 19.1 Å². The molecule has 1 aromatic carbocycles. The summed E-state index contributed by atoms with van der Waals surface area (Å²) in [5.41, 5.74) is -0.0187. The van der Waals surface area contributed by atoms with Crippen LogP contribution in [-0.2, 0) is 4.79 Å². The number of carbonyl (C=O) groups is 3. The van der Waals surface area contributed by atoms with Gasteiger partial charge in [0.25, 0.3) is 0 Å². The van der Waals surface area contributed by atoms with Crippen molar-refractivity contribution in [2.45, 2.75) is 0 Å². The van der Waals surface area contributed by atoms with Gasteiger partial charge >= 0.3 is 12.0 Å². The summed E-state index contributed by atoms with van der Waals surface area (Å²) < 4.78 is 0. The van der Waals surface area contributed by atoms with Crippen molar-refractivity contribution in [2.75, 3.05) is 26.0 Å². The lowest BCUT2D eigenvalue weighted by Gasteiger charge is -2.17. The van der Waals surface area contributed by atoms with E-state index in [1.54, 1.807) is 0 Å². The molecule has 0 saturated heterocycles. The van der Waals surface area contributed by atoms with Crippen LogP contribution >= 0.6 is 11.6 Å². The van der Waals surface area contributed by atoms with Gasteiger partial charge in [-0.15, -0.1) is 0 Å². The van der Waals surface area contributed by atoms with Crippen molar-refractivity contribution < 1.29 is 19.5 Å². The molecule has 0 bridgehead atoms. The van der Waals surface area contributed by atoms with Crippen LogP contribution in [0.25, 0.3) is 0 Å². The summed E-state index contributed by atoms with van der Waals surface area (Å²) >= 11 is 5.71. The molecule has 0 saturated carbocycles. The number of anilines is 1. The van der Waals surface area contributed by atoms with Gasteiger partial charge in [0.1, 0.15) is 6.54 Å². The van der Waals surface area contributed by atoms with Gasteiger partial charge in [-0.05, 0) is 18.2 Å². The fraction of sp³-hybridized carbons (Fsp3) is 0.250. The largest absolute Gasteiger partial charge is 0.478 e. The topological polar surface area (TPSA) is 98.7 Å². The van der Waals surface area contributed by atoms with Crippen LogP contribution in [0, 0.1) is 0 Å². The minimum Gasteiger partial charge on any atom is -0.478 e. The fourth-order valence-corrected chi connectivity index (χ4v) is 1.55. The molecule has 0 aliphatic carbocycles. The zero-order valence-electron chi connectivity index (χ0n) is 10.9. The summed E-state index contributed by atoms with van der Waals surface area (Å²) in [6, 6.07) is 3.48. The lowest BCUT2D eigenvalue weighted by atomic mass is 10.2. The minimum absolute atomic E-state index is 0.107. The number of hydrogen-bond acceptors (Lipinski definition) is 3. The SMILES string of the molecule is CNC(=O)CN(C)C(=O)Nc1ccc(Cl)cc1C(=O)O. The molecule has 3 N–H and O–H groups in total. The summed E-state index contributed by atoms with van der Waals surface area (Å²) in [5, 5.41) is 14.1. The highest BCUT2D eigenvalue weighted by atomic mass is 35.5. The van der Waals surface area contributed by atoms with Gasteiger partial charge in [-0.1, -0.05) is 11.6 Å². The molecule has 0 aromatic heterocycles. The first kappa shape index (κ1) is 15.8. The number of carbonyl (C=O) groups excluding carboxylic acids is 2. The fourth-order valence-electron chi connectivity index (χ4n) is 1.38. The number of urea groups is 1. The first-order valence-electron chi connectivity index (χ1n) is 5.60. The molecule has 1 aromatic rings. The van der Waals surface area contributed by atoms with Crippen LogP contribution in [0.2, 0.25) is 5.02 Å². The molecule has 7 nitrogen and oxygen atoms in total. The van der Waals surface area contributed by atoms with Crippen molar-refractivity contribution in [3.8, 4) is 0 Å². The van der Waals surface area contributed by atoms with E-state index in [4.69, 9.17) is 16.7 Å². The number of hydrogen-bond donors (Lipinski definition) is 3. The maximum Gasteiger partial charge on any atom is 0.337 e. The predicted octanol–water partition coefficient (Wildman–Crippen LogP) is 1.25. The van der Waals surface area contributed by atoms with E-state index in [1.165, 1.54) is 32.3 Å². The Kier molecular flexibility index (Phi) is 5.33. The molecule has 0 radical (unpaired) electrons. The maximum atomic E-state index is 11.8. The summed E-state index contributed by atoms with van der Waals surface area (Å²) in [5.74, 6) is -1.55. The van der Waals surface area contributed by atoms with E-state index in [-0.39, 0.29) is 28.7 Å². The monoisotopic (exact) mass is 299 g/mol. The number of nitrogens with zero attached hydrogens (tertiary/aromatic N) is 1. The number of carboxylic acid groups (broad SMARTS) is 1. The van der Waals surface area contributed by atoms with Crippen molar-refractivity contribution >= 4 is 35.2 Å². The molecule has 20 heavy (non-hydrogen) atoms. The van der Waals surface area contributed by atoms with Crippen molar-refractivity contribution in [2.24, 2.45) is 0 Å². The standard InChI is InChI=1S/C12H14ClN3O4/c1-14-10(17)6-16(2)12(20)15-9-4-3-7(13)5-8(9)11(18)19/h3-5H,6H2,1-2H3,(H,14,17)(H,15,20)(H,18,19). The van der Waals surface area contributed by atoms with Crippen LogP contribution < -0.4 is 10.6 Å². The molecule has 0 spiro atoms. The molecule has 3 amide bonds. The van der Waals surface area contributed by atoms with Crippen LogP contribution in [-0.4, -0.2) is 48.6 Å². The Morgan fingerprint density at radius 1 is 1.35 bits per heavy atom. The molecule has 8 heteroatoms. The zero-order valence-corrected chi connectivity index (χ0v) is 11.7. The number of benzene rings is 1. The van der Waals surface area contributed by atoms with Gasteiger partial charge in [-0.2, -0.15) is 0 Å². The van der Waals surface area contributed by atoms with E-state index in [0.29, 0.717) is 0 Å². The van der Waals surface area contributed by atoms with Gasteiger partial charge in [-0.25, -0.2) is 9.59 Å². The van der Waals surface area contributed by atoms with Crippen LogP contribution in [0.1, 0.15) is 10.4 Å². The second-order valence-electron chi connectivity index (χ2n) is 3.95. The van der Waals surface area contributed by atoms with E-state index in [9.17, 15) is 14.4 Å². The van der Waals surface area contributed by atoms with Crippen molar-refractivity contribution in [3.05, 3.63) is 28.8 Å². The summed E-state index contributed by atoms with van der Waals surface area (Å²) in [7, 11) is 2.87. The van der Waals surface area contributed by atoms with Crippen LogP contribution in [0.3, 0.4) is 0 Å². The second kappa shape index (κ2) is 6.76. The van der Waals surface area contributed by atoms with Gasteiger partial charge in [0.05, 0.1) is 11.3 Å². The molecule has 1 rings (SSSR count). The lowest BCUT2D eigenvalue weighted by molar-refractivity contribution is -0.120. The van der Waals surface area contributed by atoms with E-state index >= 15 is 0 Å². The third kappa shape index (κ3) is 4.13. The molecule has 0 atom stereocenters. The van der Waals surface area contributed by atoms with Gasteiger partial charge in [0.2, 0.25) is 5.91 Å². The molecular weight excluding hydrogens is 286 g/mol. The summed E-state index contributed by atoms with van der Waals surface area (Å²) in [6.45, 7) is -0.141. The van der Waals surface area contributed by atoms with Crippen molar-refractivity contribution in [3.63, 3.8) is 0 Å². The number of rotatable bonds is 4. The van der Waals surface area contributed by atoms with Crippen molar-refractivity contribution in [1.29, 1.82) is 0 Å². The van der Waals surface area contributed by atoms with Gasteiger partial charge in [-0.3, -0.25) is 4.79 Å². The smallest absolute Gasteiger partial charge is 0.337 e. The van der Waals surface area contributed by atoms with E-state index in [2.05, 4.69) is 10.6 Å². The Hall–Kier alpha value is -2.28. The van der Waals surface area contributed by atoms with Crippen LogP contribution in [0.15, 0.2) is 18.2 Å². The Morgan fingerprint density at radius 2 is 2.00 bits per heavy atom. The Balaban J connectivity index is 2.85. The average Bonchev–Trinajstić information content (AvgIpc) is 2.40.